The molecule has 15 aromatic rings. The molecule has 6 aromatic heterocycles. The molecule has 0 saturated carbocycles. The second-order valence-electron chi connectivity index (χ2n) is 23.4. The van der Waals surface area contributed by atoms with Crippen molar-refractivity contribution in [2.45, 2.75) is 62.2 Å². The van der Waals surface area contributed by atoms with E-state index >= 15 is 0 Å². The number of nitrogens with zero attached hydrogens (tertiary/aromatic N) is 7. The Balaban J connectivity index is 0.000000157. The van der Waals surface area contributed by atoms with Crippen molar-refractivity contribution >= 4 is 87.5 Å². The number of fused-ring (bicyclic) bond motifs is 9. The maximum Gasteiger partial charge on any atom is 0.243 e. The van der Waals surface area contributed by atoms with Gasteiger partial charge in [-0.15, -0.1) is 4.33 Å². The summed E-state index contributed by atoms with van der Waals surface area (Å²) in [6.07, 6.45) is 17.0. The summed E-state index contributed by atoms with van der Waals surface area (Å²) in [7, 11) is -2.20. The number of hydrogen-bond donors (Lipinski definition) is 0. The first-order chi connectivity index (χ1) is 47.8. The molecule has 0 N–H and O–H groups in total. The summed E-state index contributed by atoms with van der Waals surface area (Å²) in [6.45, 7) is 5.37. The van der Waals surface area contributed by atoms with Gasteiger partial charge in [-0.05, 0) is 140 Å². The Kier molecular flexibility index (Phi) is 24.2. The Hall–Kier alpha value is -9.51. The molecular weight excluding hydrogens is 1380 g/mol. The molecule has 0 amide bonds. The predicted molar refractivity (Wildman–Crippen MR) is 397 cm³/mol. The van der Waals surface area contributed by atoms with Gasteiger partial charge in [0.2, 0.25) is 10.0 Å². The maximum absolute atomic E-state index is 13.6. The SMILES string of the molecule is CCCCCN(CCCCC)S(=O)(=O)c1ccc(-c2ccnc3c2ccc2c(-c4ccc(SOOOC)cc4)ccnc23)cc1.[Cl-].[Ru].c1ccc(-c2ccnc3c2ccc2c(-c4ccccc4)ccnc23)cc1.c1ccc(-c2ccnc3c2ccc2c(-c4ccccc4)ccnc23)cc1. The number of pyridine rings is 6. The average molecular weight is 1450 g/mol. The Bertz CT molecular complexity index is 4900. The van der Waals surface area contributed by atoms with Gasteiger partial charge in [0.05, 0.1) is 57.1 Å². The minimum atomic E-state index is -3.58. The van der Waals surface area contributed by atoms with E-state index in [1.165, 1.54) is 51.6 Å². The molecule has 496 valence electrons. The van der Waals surface area contributed by atoms with Crippen LogP contribution in [0, 0.1) is 0 Å². The molecule has 0 radical (unpaired) electrons. The molecular formula is C83H71ClN7O5RuS2-. The van der Waals surface area contributed by atoms with Gasteiger partial charge in [-0.2, -0.15) is 4.31 Å². The van der Waals surface area contributed by atoms with Crippen LogP contribution in [0.4, 0.5) is 0 Å². The Morgan fingerprint density at radius 2 is 0.606 bits per heavy atom. The van der Waals surface area contributed by atoms with Crippen LogP contribution in [-0.4, -0.2) is 62.8 Å². The first kappa shape index (κ1) is 70.8. The van der Waals surface area contributed by atoms with E-state index in [4.69, 9.17) is 14.3 Å². The second kappa shape index (κ2) is 33.8. The third-order valence-corrected chi connectivity index (χ3v) is 19.9. The van der Waals surface area contributed by atoms with Crippen LogP contribution in [0.15, 0.2) is 290 Å². The normalized spacial score (nSPS) is 11.3. The van der Waals surface area contributed by atoms with Gasteiger partial charge in [-0.1, -0.05) is 227 Å². The van der Waals surface area contributed by atoms with Crippen LogP contribution >= 0.6 is 12.0 Å². The fourth-order valence-electron chi connectivity index (χ4n) is 12.6. The van der Waals surface area contributed by atoms with E-state index in [0.717, 1.165) is 143 Å². The van der Waals surface area contributed by atoms with E-state index in [-0.39, 0.29) is 31.9 Å². The van der Waals surface area contributed by atoms with Crippen molar-refractivity contribution in [3.8, 4) is 66.8 Å². The van der Waals surface area contributed by atoms with Crippen LogP contribution < -0.4 is 12.4 Å². The molecule has 0 fully saturated rings. The topological polar surface area (TPSA) is 142 Å². The molecule has 6 heterocycles. The predicted octanol–water partition coefficient (Wildman–Crippen LogP) is 18.2. The average Bonchev–Trinajstić information content (AvgIpc) is 0.771. The minimum absolute atomic E-state index is 0. The van der Waals surface area contributed by atoms with Crippen molar-refractivity contribution in [3.05, 3.63) is 280 Å². The van der Waals surface area contributed by atoms with Gasteiger partial charge in [0.15, 0.2) is 0 Å². The van der Waals surface area contributed by atoms with Crippen LogP contribution in [0.1, 0.15) is 52.4 Å². The van der Waals surface area contributed by atoms with E-state index in [2.05, 4.69) is 201 Å². The van der Waals surface area contributed by atoms with Gasteiger partial charge < -0.3 is 12.4 Å². The minimum Gasteiger partial charge on any atom is -1.00 e. The van der Waals surface area contributed by atoms with Crippen LogP contribution in [0.2, 0.25) is 0 Å². The Morgan fingerprint density at radius 1 is 0.343 bits per heavy atom. The number of halogens is 1. The molecule has 0 saturated heterocycles. The van der Waals surface area contributed by atoms with Crippen LogP contribution in [0.3, 0.4) is 0 Å². The maximum atomic E-state index is 13.6. The molecule has 0 unspecified atom stereocenters. The summed E-state index contributed by atoms with van der Waals surface area (Å²) in [6, 6.07) is 82.0. The van der Waals surface area contributed by atoms with Gasteiger partial charge in [0, 0.05) is 107 Å². The molecule has 0 aliphatic rings. The quantitative estimate of drug-likeness (QED) is 0.0179. The first-order valence-electron chi connectivity index (χ1n) is 32.8. The zero-order chi connectivity index (χ0) is 66.3. The van der Waals surface area contributed by atoms with Crippen LogP contribution in [-0.2, 0) is 43.8 Å². The van der Waals surface area contributed by atoms with E-state index in [9.17, 15) is 8.42 Å². The number of sulfonamides is 1. The van der Waals surface area contributed by atoms with Gasteiger partial charge >= 0.3 is 0 Å². The standard InChI is InChI=1S/C35H39N3O5S2.2C24H16N2.ClH.Ru/c1-4-6-8-24-38(25-9-7-5-2)45(39,40)29-16-12-27(13-17-29)31-21-23-37-35-33(31)19-18-32-30(20-22-36-34(32)35)26-10-14-28(15-11-26)44-43-42-41-3;2*1-3-7-17(8-4-1)19-13-15-25-23-21(19)11-12-22-20(14-16-26-24(22)23)18-9-5-2-6-10-18;;/h10-23H,4-9,24-25H2,1-3H3;2*1-16H;1H;/p-1. The van der Waals surface area contributed by atoms with E-state index in [1.54, 1.807) is 28.8 Å². The largest absolute Gasteiger partial charge is 1.00 e. The zero-order valence-electron chi connectivity index (χ0n) is 54.9. The summed E-state index contributed by atoms with van der Waals surface area (Å²) in [4.78, 5) is 33.8. The van der Waals surface area contributed by atoms with Gasteiger partial charge in [0.1, 0.15) is 0 Å². The summed E-state index contributed by atoms with van der Waals surface area (Å²) in [5.41, 5.74) is 18.9. The van der Waals surface area contributed by atoms with Crippen molar-refractivity contribution in [2.24, 2.45) is 0 Å². The number of unbranched alkanes of at least 4 members (excludes halogenated alkanes) is 4. The number of rotatable bonds is 20. The van der Waals surface area contributed by atoms with Crippen molar-refractivity contribution < 1.29 is 54.6 Å². The second-order valence-corrected chi connectivity index (χ2v) is 26.2. The molecule has 99 heavy (non-hydrogen) atoms. The van der Waals surface area contributed by atoms with Gasteiger partial charge in [-0.25, -0.2) is 13.3 Å². The monoisotopic (exact) mass is 1450 g/mol. The third kappa shape index (κ3) is 15.8. The van der Waals surface area contributed by atoms with E-state index < -0.39 is 10.0 Å². The molecule has 0 spiro atoms. The summed E-state index contributed by atoms with van der Waals surface area (Å²) >= 11 is 1.06. The molecule has 15 rings (SSSR count). The Morgan fingerprint density at radius 3 is 0.869 bits per heavy atom. The molecule has 16 heteroatoms. The van der Waals surface area contributed by atoms with E-state index in [0.29, 0.717) is 18.0 Å². The smallest absolute Gasteiger partial charge is 0.243 e. The molecule has 0 bridgehead atoms. The van der Waals surface area contributed by atoms with Gasteiger partial charge in [-0.3, -0.25) is 29.9 Å². The van der Waals surface area contributed by atoms with Crippen LogP contribution in [0.25, 0.3) is 132 Å². The third-order valence-electron chi connectivity index (χ3n) is 17.4. The number of benzene rings is 9. The van der Waals surface area contributed by atoms with Crippen molar-refractivity contribution in [2.75, 3.05) is 20.2 Å². The van der Waals surface area contributed by atoms with Crippen molar-refractivity contribution in [1.82, 2.24) is 34.2 Å². The molecule has 0 aliphatic carbocycles. The Labute approximate surface area is 600 Å². The van der Waals surface area contributed by atoms with Crippen LogP contribution in [0.5, 0.6) is 0 Å². The van der Waals surface area contributed by atoms with Crippen molar-refractivity contribution in [3.63, 3.8) is 0 Å². The fourth-order valence-corrected chi connectivity index (χ4v) is 14.5. The molecule has 12 nitrogen and oxygen atoms in total. The summed E-state index contributed by atoms with van der Waals surface area (Å²) in [5.74, 6) is 0. The van der Waals surface area contributed by atoms with Gasteiger partial charge in [0.25, 0.3) is 0 Å². The molecule has 0 atom stereocenters. The molecule has 9 aromatic carbocycles. The summed E-state index contributed by atoms with van der Waals surface area (Å²) < 4.78 is 33.8. The first-order valence-corrected chi connectivity index (χ1v) is 35.0. The number of aromatic nitrogens is 6. The molecule has 0 aliphatic heterocycles. The number of hydrogen-bond acceptors (Lipinski definition) is 12. The fraction of sp³-hybridized carbons (Fsp3) is 0.133. The van der Waals surface area contributed by atoms with Crippen molar-refractivity contribution in [1.29, 1.82) is 0 Å². The van der Waals surface area contributed by atoms with E-state index in [1.807, 2.05) is 97.6 Å². The summed E-state index contributed by atoms with van der Waals surface area (Å²) in [5, 5.41) is 10.9. The zero-order valence-corrected chi connectivity index (χ0v) is 59.1.